The maximum absolute atomic E-state index is 12.7. The molecule has 22 heavy (non-hydrogen) atoms. The fourth-order valence-corrected chi connectivity index (χ4v) is 2.73. The maximum Gasteiger partial charge on any atom is 0.232 e. The number of rotatable bonds is 6. The van der Waals surface area contributed by atoms with Crippen molar-refractivity contribution >= 4 is 5.91 Å². The molecule has 0 aliphatic heterocycles. The summed E-state index contributed by atoms with van der Waals surface area (Å²) in [6.45, 7) is 0.702. The van der Waals surface area contributed by atoms with E-state index in [2.05, 4.69) is 5.32 Å². The third-order valence-corrected chi connectivity index (χ3v) is 4.46. The highest BCUT2D eigenvalue weighted by atomic mass is 16.3. The molecule has 0 spiro atoms. The van der Waals surface area contributed by atoms with Gasteiger partial charge >= 0.3 is 0 Å². The molecule has 1 saturated carbocycles. The lowest BCUT2D eigenvalue weighted by Crippen LogP contribution is -2.35. The van der Waals surface area contributed by atoms with Crippen LogP contribution in [-0.4, -0.2) is 24.2 Å². The Bertz CT molecular complexity index is 581. The van der Waals surface area contributed by atoms with E-state index in [4.69, 9.17) is 0 Å². The summed E-state index contributed by atoms with van der Waals surface area (Å²) in [4.78, 5) is 12.7. The molecule has 114 valence electrons. The van der Waals surface area contributed by atoms with Crippen molar-refractivity contribution in [1.82, 2.24) is 5.32 Å². The van der Waals surface area contributed by atoms with Gasteiger partial charge in [-0.25, -0.2) is 0 Å². The summed E-state index contributed by atoms with van der Waals surface area (Å²) in [5.41, 5.74) is 1.90. The average Bonchev–Trinajstić information content (AvgIpc) is 3.36. The molecule has 2 aromatic carbocycles. The molecule has 1 aliphatic carbocycles. The van der Waals surface area contributed by atoms with E-state index in [9.17, 15) is 9.90 Å². The van der Waals surface area contributed by atoms with Gasteiger partial charge in [0.1, 0.15) is 0 Å². The standard InChI is InChI=1S/C19H21NO2/c21-14-19(11-12-19)13-20-18(22)17(15-7-3-1-4-8-15)16-9-5-2-6-10-16/h1-10,17,21H,11-14H2,(H,20,22). The van der Waals surface area contributed by atoms with E-state index in [1.54, 1.807) is 0 Å². The van der Waals surface area contributed by atoms with Gasteiger partial charge in [0.15, 0.2) is 0 Å². The summed E-state index contributed by atoms with van der Waals surface area (Å²) in [6, 6.07) is 19.6. The van der Waals surface area contributed by atoms with Crippen molar-refractivity contribution < 1.29 is 9.90 Å². The molecule has 0 aromatic heterocycles. The Labute approximate surface area is 131 Å². The molecule has 0 atom stereocenters. The molecule has 0 bridgehead atoms. The first kappa shape index (κ1) is 14.8. The minimum absolute atomic E-state index is 0.00266. The van der Waals surface area contributed by atoms with Gasteiger partial charge in [0, 0.05) is 12.0 Å². The van der Waals surface area contributed by atoms with Crippen LogP contribution in [0.2, 0.25) is 0 Å². The molecule has 3 rings (SSSR count). The first-order valence-electron chi connectivity index (χ1n) is 7.73. The van der Waals surface area contributed by atoms with Gasteiger partial charge in [-0.2, -0.15) is 0 Å². The Balaban J connectivity index is 1.81. The van der Waals surface area contributed by atoms with E-state index in [-0.39, 0.29) is 23.8 Å². The van der Waals surface area contributed by atoms with E-state index in [0.29, 0.717) is 6.54 Å². The highest BCUT2D eigenvalue weighted by molar-refractivity contribution is 5.87. The van der Waals surface area contributed by atoms with E-state index < -0.39 is 0 Å². The molecule has 1 fully saturated rings. The largest absolute Gasteiger partial charge is 0.396 e. The third kappa shape index (κ3) is 3.20. The Morgan fingerprint density at radius 3 is 1.91 bits per heavy atom. The molecule has 1 amide bonds. The lowest BCUT2D eigenvalue weighted by atomic mass is 9.90. The van der Waals surface area contributed by atoms with Gasteiger partial charge in [0.05, 0.1) is 12.5 Å². The van der Waals surface area contributed by atoms with Crippen molar-refractivity contribution in [2.45, 2.75) is 18.8 Å². The second-order valence-corrected chi connectivity index (χ2v) is 6.13. The smallest absolute Gasteiger partial charge is 0.232 e. The molecular formula is C19H21NO2. The molecule has 0 saturated heterocycles. The van der Waals surface area contributed by atoms with Crippen LogP contribution in [0.1, 0.15) is 29.9 Å². The molecule has 3 nitrogen and oxygen atoms in total. The summed E-state index contributed by atoms with van der Waals surface area (Å²) < 4.78 is 0. The number of aliphatic hydroxyl groups excluding tert-OH is 1. The summed E-state index contributed by atoms with van der Waals surface area (Å²) >= 11 is 0. The molecule has 1 aliphatic rings. The van der Waals surface area contributed by atoms with E-state index >= 15 is 0 Å². The van der Waals surface area contributed by atoms with Gasteiger partial charge in [0.25, 0.3) is 0 Å². The molecule has 0 heterocycles. The van der Waals surface area contributed by atoms with Crippen molar-refractivity contribution in [2.75, 3.05) is 13.2 Å². The number of benzene rings is 2. The zero-order valence-electron chi connectivity index (χ0n) is 12.5. The lowest BCUT2D eigenvalue weighted by Gasteiger charge is -2.20. The van der Waals surface area contributed by atoms with Crippen LogP contribution in [0.4, 0.5) is 0 Å². The number of carbonyl (C=O) groups excluding carboxylic acids is 1. The van der Waals surface area contributed by atoms with Crippen molar-refractivity contribution in [3.05, 3.63) is 71.8 Å². The lowest BCUT2D eigenvalue weighted by molar-refractivity contribution is -0.122. The molecule has 3 heteroatoms. The molecule has 2 N–H and O–H groups in total. The van der Waals surface area contributed by atoms with Gasteiger partial charge in [-0.3, -0.25) is 4.79 Å². The molecule has 2 aromatic rings. The van der Waals surface area contributed by atoms with Crippen molar-refractivity contribution in [2.24, 2.45) is 5.41 Å². The topological polar surface area (TPSA) is 49.3 Å². The molecular weight excluding hydrogens is 274 g/mol. The predicted molar refractivity (Wildman–Crippen MR) is 86.5 cm³/mol. The van der Waals surface area contributed by atoms with E-state index in [1.165, 1.54) is 0 Å². The fraction of sp³-hybridized carbons (Fsp3) is 0.316. The van der Waals surface area contributed by atoms with Crippen molar-refractivity contribution in [3.8, 4) is 0 Å². The molecule has 0 radical (unpaired) electrons. The monoisotopic (exact) mass is 295 g/mol. The van der Waals surface area contributed by atoms with Crippen LogP contribution in [-0.2, 0) is 4.79 Å². The number of amides is 1. The first-order valence-corrected chi connectivity index (χ1v) is 7.73. The van der Waals surface area contributed by atoms with Crippen LogP contribution in [0.5, 0.6) is 0 Å². The zero-order chi connectivity index (χ0) is 15.4. The second-order valence-electron chi connectivity index (χ2n) is 6.13. The van der Waals surface area contributed by atoms with Gasteiger partial charge in [0.2, 0.25) is 5.91 Å². The summed E-state index contributed by atoms with van der Waals surface area (Å²) in [5, 5.41) is 12.4. The van der Waals surface area contributed by atoms with Crippen LogP contribution in [0.3, 0.4) is 0 Å². The minimum Gasteiger partial charge on any atom is -0.396 e. The van der Waals surface area contributed by atoms with Crippen molar-refractivity contribution in [1.29, 1.82) is 0 Å². The van der Waals surface area contributed by atoms with Gasteiger partial charge in [-0.1, -0.05) is 60.7 Å². The van der Waals surface area contributed by atoms with Crippen LogP contribution < -0.4 is 5.32 Å². The Kier molecular flexibility index (Phi) is 4.25. The average molecular weight is 295 g/mol. The Morgan fingerprint density at radius 2 is 1.50 bits per heavy atom. The quantitative estimate of drug-likeness (QED) is 0.861. The highest BCUT2D eigenvalue weighted by Gasteiger charge is 2.42. The number of carbonyl (C=O) groups is 1. The predicted octanol–water partition coefficient (Wildman–Crippen LogP) is 2.71. The van der Waals surface area contributed by atoms with Crippen LogP contribution in [0.25, 0.3) is 0 Å². The van der Waals surface area contributed by atoms with E-state index in [0.717, 1.165) is 24.0 Å². The van der Waals surface area contributed by atoms with Crippen LogP contribution in [0, 0.1) is 5.41 Å². The van der Waals surface area contributed by atoms with Crippen LogP contribution in [0.15, 0.2) is 60.7 Å². The number of hydrogen-bond acceptors (Lipinski definition) is 2. The Hall–Kier alpha value is -2.13. The normalized spacial score (nSPS) is 15.5. The fourth-order valence-electron chi connectivity index (χ4n) is 2.73. The zero-order valence-corrected chi connectivity index (χ0v) is 12.5. The number of aliphatic hydroxyl groups is 1. The minimum atomic E-state index is -0.308. The third-order valence-electron chi connectivity index (χ3n) is 4.46. The summed E-state index contributed by atoms with van der Waals surface area (Å²) in [5.74, 6) is -0.311. The maximum atomic E-state index is 12.7. The van der Waals surface area contributed by atoms with Gasteiger partial charge in [-0.15, -0.1) is 0 Å². The van der Waals surface area contributed by atoms with Crippen molar-refractivity contribution in [3.63, 3.8) is 0 Å². The van der Waals surface area contributed by atoms with E-state index in [1.807, 2.05) is 60.7 Å². The first-order chi connectivity index (χ1) is 10.7. The number of nitrogens with one attached hydrogen (secondary N) is 1. The van der Waals surface area contributed by atoms with Gasteiger partial charge in [-0.05, 0) is 24.0 Å². The number of hydrogen-bond donors (Lipinski definition) is 2. The van der Waals surface area contributed by atoms with Gasteiger partial charge < -0.3 is 10.4 Å². The van der Waals surface area contributed by atoms with Crippen LogP contribution >= 0.6 is 0 Å². The second kappa shape index (κ2) is 6.32. The summed E-state index contributed by atoms with van der Waals surface area (Å²) in [6.07, 6.45) is 1.98. The SMILES string of the molecule is O=C(NCC1(CO)CC1)C(c1ccccc1)c1ccccc1. The molecule has 0 unspecified atom stereocenters. The highest BCUT2D eigenvalue weighted by Crippen LogP contribution is 2.44. The summed E-state index contributed by atoms with van der Waals surface area (Å²) in [7, 11) is 0. The Morgan fingerprint density at radius 1 is 1.00 bits per heavy atom.